The molecule has 1 amide bonds. The lowest BCUT2D eigenvalue weighted by atomic mass is 10.1. The van der Waals surface area contributed by atoms with E-state index in [1.54, 1.807) is 23.9 Å². The second-order valence-electron chi connectivity index (χ2n) is 3.77. The Bertz CT molecular complexity index is 478. The molecule has 88 valence electrons. The number of hydrogen-bond donors (Lipinski definition) is 1. The van der Waals surface area contributed by atoms with Crippen LogP contribution in [0.2, 0.25) is 0 Å². The lowest BCUT2D eigenvalue weighted by Gasteiger charge is -2.11. The molecular weight excluding hydrogens is 239 g/mol. The molecule has 0 spiro atoms. The second kappa shape index (κ2) is 5.19. The van der Waals surface area contributed by atoms with E-state index >= 15 is 0 Å². The standard InChI is InChI=1S/C12H11FN2OS/c13-9-3-1-4-10(8(9)7-14)15-12(16)11-5-2-6-17-11/h1,3-4,11H,2,5-6H2,(H,15,16). The molecule has 1 aliphatic rings. The van der Waals surface area contributed by atoms with Crippen LogP contribution in [-0.4, -0.2) is 16.9 Å². The van der Waals surface area contributed by atoms with Crippen LogP contribution in [0.25, 0.3) is 0 Å². The average molecular weight is 250 g/mol. The maximum Gasteiger partial charge on any atom is 0.237 e. The van der Waals surface area contributed by atoms with Crippen LogP contribution in [0.3, 0.4) is 0 Å². The van der Waals surface area contributed by atoms with Gasteiger partial charge in [-0.1, -0.05) is 6.07 Å². The van der Waals surface area contributed by atoms with Gasteiger partial charge < -0.3 is 5.32 Å². The SMILES string of the molecule is N#Cc1c(F)cccc1NC(=O)C1CCCS1. The van der Waals surface area contributed by atoms with Gasteiger partial charge in [0.25, 0.3) is 0 Å². The van der Waals surface area contributed by atoms with Crippen LogP contribution >= 0.6 is 11.8 Å². The molecule has 1 atom stereocenters. The number of carbonyl (C=O) groups excluding carboxylic acids is 1. The van der Waals surface area contributed by atoms with Crippen molar-refractivity contribution in [2.24, 2.45) is 0 Å². The zero-order valence-electron chi connectivity index (χ0n) is 9.07. The molecule has 1 aromatic rings. The largest absolute Gasteiger partial charge is 0.324 e. The van der Waals surface area contributed by atoms with Crippen LogP contribution in [0, 0.1) is 17.1 Å². The van der Waals surface area contributed by atoms with Crippen molar-refractivity contribution < 1.29 is 9.18 Å². The fourth-order valence-electron chi connectivity index (χ4n) is 1.74. The summed E-state index contributed by atoms with van der Waals surface area (Å²) < 4.78 is 13.3. The number of nitriles is 1. The smallest absolute Gasteiger partial charge is 0.237 e. The summed E-state index contributed by atoms with van der Waals surface area (Å²) in [4.78, 5) is 11.8. The summed E-state index contributed by atoms with van der Waals surface area (Å²) in [6.45, 7) is 0. The number of rotatable bonds is 2. The minimum absolute atomic E-state index is 0.0789. The molecule has 2 rings (SSSR count). The Labute approximate surface area is 103 Å². The van der Waals surface area contributed by atoms with Gasteiger partial charge in [-0.25, -0.2) is 4.39 Å². The van der Waals surface area contributed by atoms with E-state index in [2.05, 4.69) is 5.32 Å². The van der Waals surface area contributed by atoms with Crippen LogP contribution < -0.4 is 5.32 Å². The number of benzene rings is 1. The predicted molar refractivity (Wildman–Crippen MR) is 65.2 cm³/mol. The molecule has 1 saturated heterocycles. The Morgan fingerprint density at radius 1 is 1.59 bits per heavy atom. The van der Waals surface area contributed by atoms with E-state index in [0.29, 0.717) is 0 Å². The Balaban J connectivity index is 2.16. The van der Waals surface area contributed by atoms with Gasteiger partial charge in [0.15, 0.2) is 0 Å². The second-order valence-corrected chi connectivity index (χ2v) is 5.08. The Hall–Kier alpha value is -1.54. The lowest BCUT2D eigenvalue weighted by Crippen LogP contribution is -2.23. The van der Waals surface area contributed by atoms with Crippen molar-refractivity contribution in [2.75, 3.05) is 11.1 Å². The van der Waals surface area contributed by atoms with Crippen LogP contribution in [-0.2, 0) is 4.79 Å². The number of halogens is 1. The summed E-state index contributed by atoms with van der Waals surface area (Å²) >= 11 is 1.60. The van der Waals surface area contributed by atoms with E-state index < -0.39 is 5.82 Å². The molecule has 0 aliphatic carbocycles. The average Bonchev–Trinajstić information content (AvgIpc) is 2.82. The zero-order valence-corrected chi connectivity index (χ0v) is 9.89. The van der Waals surface area contributed by atoms with Crippen molar-refractivity contribution in [3.05, 3.63) is 29.6 Å². The number of hydrogen-bond acceptors (Lipinski definition) is 3. The van der Waals surface area contributed by atoms with Gasteiger partial charge in [-0.15, -0.1) is 11.8 Å². The van der Waals surface area contributed by atoms with Crippen molar-refractivity contribution in [3.63, 3.8) is 0 Å². The normalized spacial score (nSPS) is 18.7. The van der Waals surface area contributed by atoms with E-state index in [1.165, 1.54) is 12.1 Å². The van der Waals surface area contributed by atoms with E-state index in [1.807, 2.05) is 0 Å². The molecule has 0 radical (unpaired) electrons. The summed E-state index contributed by atoms with van der Waals surface area (Å²) in [5.41, 5.74) is 0.147. The summed E-state index contributed by atoms with van der Waals surface area (Å²) in [5.74, 6) is 0.228. The third-order valence-electron chi connectivity index (χ3n) is 2.61. The van der Waals surface area contributed by atoms with Gasteiger partial charge in [-0.3, -0.25) is 4.79 Å². The molecule has 0 bridgehead atoms. The van der Waals surface area contributed by atoms with Crippen molar-refractivity contribution in [3.8, 4) is 6.07 Å². The molecule has 0 saturated carbocycles. The minimum Gasteiger partial charge on any atom is -0.324 e. The molecule has 1 aromatic carbocycles. The highest BCUT2D eigenvalue weighted by Gasteiger charge is 2.24. The Morgan fingerprint density at radius 2 is 2.41 bits per heavy atom. The van der Waals surface area contributed by atoms with Gasteiger partial charge in [-0.2, -0.15) is 5.26 Å². The Morgan fingerprint density at radius 3 is 3.06 bits per heavy atom. The first-order valence-corrected chi connectivity index (χ1v) is 6.38. The summed E-state index contributed by atoms with van der Waals surface area (Å²) in [5, 5.41) is 11.4. The van der Waals surface area contributed by atoms with Gasteiger partial charge in [0.05, 0.1) is 10.9 Å². The summed E-state index contributed by atoms with van der Waals surface area (Å²) in [7, 11) is 0. The maximum atomic E-state index is 13.3. The van der Waals surface area contributed by atoms with Crippen LogP contribution in [0.4, 0.5) is 10.1 Å². The first-order valence-electron chi connectivity index (χ1n) is 5.33. The van der Waals surface area contributed by atoms with Gasteiger partial charge in [0, 0.05) is 0 Å². The molecule has 17 heavy (non-hydrogen) atoms. The summed E-state index contributed by atoms with van der Waals surface area (Å²) in [6, 6.07) is 5.99. The molecule has 1 fully saturated rings. The first kappa shape index (κ1) is 11.9. The van der Waals surface area contributed by atoms with Gasteiger partial charge in [-0.05, 0) is 30.7 Å². The zero-order chi connectivity index (χ0) is 12.3. The molecular formula is C12H11FN2OS. The van der Waals surface area contributed by atoms with E-state index in [-0.39, 0.29) is 22.4 Å². The molecule has 3 nitrogen and oxygen atoms in total. The van der Waals surface area contributed by atoms with E-state index in [0.717, 1.165) is 18.6 Å². The fraction of sp³-hybridized carbons (Fsp3) is 0.333. The van der Waals surface area contributed by atoms with Crippen LogP contribution in [0.1, 0.15) is 18.4 Å². The van der Waals surface area contributed by atoms with Crippen molar-refractivity contribution in [2.45, 2.75) is 18.1 Å². The van der Waals surface area contributed by atoms with Crippen LogP contribution in [0.5, 0.6) is 0 Å². The topological polar surface area (TPSA) is 52.9 Å². The third-order valence-corrected chi connectivity index (χ3v) is 3.98. The molecule has 1 N–H and O–H groups in total. The fourth-order valence-corrected chi connectivity index (χ4v) is 2.90. The van der Waals surface area contributed by atoms with Crippen molar-refractivity contribution >= 4 is 23.4 Å². The number of amides is 1. The van der Waals surface area contributed by atoms with E-state index in [4.69, 9.17) is 5.26 Å². The number of anilines is 1. The highest BCUT2D eigenvalue weighted by atomic mass is 32.2. The number of carbonyl (C=O) groups is 1. The molecule has 1 aliphatic heterocycles. The van der Waals surface area contributed by atoms with Gasteiger partial charge in [0.2, 0.25) is 5.91 Å². The molecule has 1 unspecified atom stereocenters. The first-order chi connectivity index (χ1) is 8.22. The third kappa shape index (κ3) is 2.59. The predicted octanol–water partition coefficient (Wildman–Crippen LogP) is 2.53. The number of nitrogens with one attached hydrogen (secondary N) is 1. The molecule has 5 heteroatoms. The highest BCUT2D eigenvalue weighted by molar-refractivity contribution is 8.00. The number of nitrogens with zero attached hydrogens (tertiary/aromatic N) is 1. The van der Waals surface area contributed by atoms with Gasteiger partial charge >= 0.3 is 0 Å². The van der Waals surface area contributed by atoms with Gasteiger partial charge in [0.1, 0.15) is 17.4 Å². The monoisotopic (exact) mass is 250 g/mol. The minimum atomic E-state index is -0.607. The highest BCUT2D eigenvalue weighted by Crippen LogP contribution is 2.28. The quantitative estimate of drug-likeness (QED) is 0.877. The van der Waals surface area contributed by atoms with Crippen molar-refractivity contribution in [1.29, 1.82) is 5.26 Å². The van der Waals surface area contributed by atoms with Crippen molar-refractivity contribution in [1.82, 2.24) is 0 Å². The van der Waals surface area contributed by atoms with Crippen LogP contribution in [0.15, 0.2) is 18.2 Å². The molecule has 0 aromatic heterocycles. The number of thioether (sulfide) groups is 1. The maximum absolute atomic E-state index is 13.3. The lowest BCUT2D eigenvalue weighted by molar-refractivity contribution is -0.115. The van der Waals surface area contributed by atoms with E-state index in [9.17, 15) is 9.18 Å². The summed E-state index contributed by atoms with van der Waals surface area (Å²) in [6.07, 6.45) is 1.87. The Kier molecular flexibility index (Phi) is 3.64. The molecule has 1 heterocycles.